The Morgan fingerprint density at radius 2 is 1.78 bits per heavy atom. The number of amides is 3. The molecule has 3 amide bonds. The zero-order valence-electron chi connectivity index (χ0n) is 16.6. The summed E-state index contributed by atoms with van der Waals surface area (Å²) in [5.74, 6) is -3.89. The summed E-state index contributed by atoms with van der Waals surface area (Å²) in [5.41, 5.74) is 3.86. The highest BCUT2D eigenvalue weighted by molar-refractivity contribution is 6.31. The van der Waals surface area contributed by atoms with E-state index in [-0.39, 0.29) is 44.5 Å². The van der Waals surface area contributed by atoms with E-state index in [1.807, 2.05) is 0 Å². The smallest absolute Gasteiger partial charge is 0.353 e. The van der Waals surface area contributed by atoms with E-state index in [0.717, 1.165) is 11.0 Å². The van der Waals surface area contributed by atoms with Crippen LogP contribution in [0.4, 0.5) is 31.1 Å². The lowest BCUT2D eigenvalue weighted by Gasteiger charge is -2.43. The molecule has 2 fully saturated rings. The number of nitrogens with two attached hydrogens (primary N) is 1. The maximum atomic E-state index is 13.4. The minimum atomic E-state index is -4.89. The molecule has 3 N–H and O–H groups in total. The highest BCUT2D eigenvalue weighted by atomic mass is 35.5. The van der Waals surface area contributed by atoms with Crippen LogP contribution in [0.3, 0.4) is 0 Å². The van der Waals surface area contributed by atoms with Gasteiger partial charge in [-0.25, -0.2) is 9.78 Å². The summed E-state index contributed by atoms with van der Waals surface area (Å²) >= 11 is 5.66. The van der Waals surface area contributed by atoms with Gasteiger partial charge in [-0.2, -0.15) is 26.3 Å². The molecule has 3 rings (SSSR count). The van der Waals surface area contributed by atoms with Crippen molar-refractivity contribution in [1.82, 2.24) is 15.2 Å². The Morgan fingerprint density at radius 1 is 1.16 bits per heavy atom. The molecular weight excluding hydrogens is 466 g/mol. The molecule has 0 radical (unpaired) electrons. The van der Waals surface area contributed by atoms with Gasteiger partial charge in [-0.3, -0.25) is 4.79 Å². The van der Waals surface area contributed by atoms with Crippen LogP contribution >= 0.6 is 11.6 Å². The fourth-order valence-electron chi connectivity index (χ4n) is 4.60. The van der Waals surface area contributed by atoms with Gasteiger partial charge in [0.05, 0.1) is 10.9 Å². The molecule has 0 bridgehead atoms. The number of rotatable bonds is 3. The highest BCUT2D eigenvalue weighted by Gasteiger charge is 2.48. The van der Waals surface area contributed by atoms with Gasteiger partial charge in [-0.05, 0) is 43.7 Å². The van der Waals surface area contributed by atoms with E-state index < -0.39 is 58.8 Å². The normalized spacial score (nSPS) is 25.9. The third-order valence-electron chi connectivity index (χ3n) is 6.10. The molecule has 2 aliphatic rings. The van der Waals surface area contributed by atoms with Crippen molar-refractivity contribution in [3.8, 4) is 0 Å². The van der Waals surface area contributed by atoms with E-state index >= 15 is 0 Å². The molecule has 1 aromatic heterocycles. The van der Waals surface area contributed by atoms with Crippen molar-refractivity contribution in [3.63, 3.8) is 0 Å². The highest BCUT2D eigenvalue weighted by Crippen LogP contribution is 2.46. The van der Waals surface area contributed by atoms with Crippen molar-refractivity contribution >= 4 is 23.5 Å². The van der Waals surface area contributed by atoms with E-state index in [4.69, 9.17) is 17.3 Å². The van der Waals surface area contributed by atoms with Gasteiger partial charge < -0.3 is 16.0 Å². The SMILES string of the molecule is NC(=O)N1CCNC(=O)C1[C@@H](c1ccc(Cl)c(C(F)(F)F)n1)C1CCC(C(F)(F)F)CC1. The molecule has 1 saturated heterocycles. The number of hydrogen-bond donors (Lipinski definition) is 2. The predicted molar refractivity (Wildman–Crippen MR) is 102 cm³/mol. The van der Waals surface area contributed by atoms with E-state index in [2.05, 4.69) is 10.3 Å². The zero-order chi connectivity index (χ0) is 23.8. The van der Waals surface area contributed by atoms with Crippen LogP contribution in [0.2, 0.25) is 5.02 Å². The van der Waals surface area contributed by atoms with Crippen molar-refractivity contribution in [3.05, 3.63) is 28.5 Å². The Balaban J connectivity index is 2.05. The number of nitrogens with zero attached hydrogens (tertiary/aromatic N) is 2. The molecule has 1 unspecified atom stereocenters. The average molecular weight is 487 g/mol. The lowest BCUT2D eigenvalue weighted by Crippen LogP contribution is -2.61. The summed E-state index contributed by atoms with van der Waals surface area (Å²) in [4.78, 5) is 29.4. The number of primary amides is 1. The second-order valence-electron chi connectivity index (χ2n) is 8.01. The quantitative estimate of drug-likeness (QED) is 0.631. The predicted octanol–water partition coefficient (Wildman–Crippen LogP) is 4.09. The number of pyridine rings is 1. The summed E-state index contributed by atoms with van der Waals surface area (Å²) in [7, 11) is 0. The van der Waals surface area contributed by atoms with Gasteiger partial charge in [0.25, 0.3) is 0 Å². The van der Waals surface area contributed by atoms with Crippen molar-refractivity contribution < 1.29 is 35.9 Å². The summed E-state index contributed by atoms with van der Waals surface area (Å²) in [6, 6.07) is -0.0671. The monoisotopic (exact) mass is 486 g/mol. The second-order valence-corrected chi connectivity index (χ2v) is 8.42. The number of carbonyl (C=O) groups excluding carboxylic acids is 2. The first-order chi connectivity index (χ1) is 14.8. The number of aromatic nitrogens is 1. The lowest BCUT2D eigenvalue weighted by atomic mass is 9.71. The lowest BCUT2D eigenvalue weighted by molar-refractivity contribution is -0.184. The molecule has 13 heteroatoms. The average Bonchev–Trinajstić information content (AvgIpc) is 2.69. The van der Waals surface area contributed by atoms with Gasteiger partial charge in [0.2, 0.25) is 5.91 Å². The van der Waals surface area contributed by atoms with Crippen LogP contribution in [0.15, 0.2) is 12.1 Å². The van der Waals surface area contributed by atoms with Gasteiger partial charge in [0.15, 0.2) is 5.69 Å². The Morgan fingerprint density at radius 3 is 2.31 bits per heavy atom. The Labute approximate surface area is 184 Å². The number of nitrogens with one attached hydrogen (secondary N) is 1. The summed E-state index contributed by atoms with van der Waals surface area (Å²) in [5, 5.41) is 1.90. The standard InChI is InChI=1S/C19H21ClF6N4O2/c20-11-5-6-12(29-15(11)19(24,25)26)13(9-1-3-10(4-2-9)18(21,22)23)14-16(31)28-7-8-30(14)17(27)32/h5-6,9-10,13-14H,1-4,7-8H2,(H2,27,32)(H,28,31)/t9?,10?,13-,14?/m1/s1. The van der Waals surface area contributed by atoms with Crippen molar-refractivity contribution in [2.24, 2.45) is 17.6 Å². The maximum Gasteiger partial charge on any atom is 0.434 e. The summed E-state index contributed by atoms with van der Waals surface area (Å²) in [6.07, 6.45) is -9.76. The van der Waals surface area contributed by atoms with Crippen LogP contribution in [-0.4, -0.2) is 47.1 Å². The number of carbonyl (C=O) groups is 2. The largest absolute Gasteiger partial charge is 0.434 e. The van der Waals surface area contributed by atoms with Crippen LogP contribution in [0.25, 0.3) is 0 Å². The number of alkyl halides is 6. The molecule has 32 heavy (non-hydrogen) atoms. The minimum Gasteiger partial charge on any atom is -0.353 e. The van der Waals surface area contributed by atoms with E-state index in [1.165, 1.54) is 6.07 Å². The number of hydrogen-bond acceptors (Lipinski definition) is 3. The first-order valence-corrected chi connectivity index (χ1v) is 10.3. The van der Waals surface area contributed by atoms with Gasteiger partial charge >= 0.3 is 18.4 Å². The van der Waals surface area contributed by atoms with Crippen molar-refractivity contribution in [2.45, 2.75) is 50.0 Å². The van der Waals surface area contributed by atoms with Crippen LogP contribution < -0.4 is 11.1 Å². The zero-order valence-corrected chi connectivity index (χ0v) is 17.4. The van der Waals surface area contributed by atoms with Gasteiger partial charge in [-0.15, -0.1) is 0 Å². The van der Waals surface area contributed by atoms with Gasteiger partial charge in [-0.1, -0.05) is 11.6 Å². The molecule has 2 atom stereocenters. The minimum absolute atomic E-state index is 0.00309. The van der Waals surface area contributed by atoms with Crippen molar-refractivity contribution in [1.29, 1.82) is 0 Å². The summed E-state index contributed by atoms with van der Waals surface area (Å²) < 4.78 is 79.6. The van der Waals surface area contributed by atoms with Gasteiger partial charge in [0, 0.05) is 24.7 Å². The molecule has 178 valence electrons. The molecule has 6 nitrogen and oxygen atoms in total. The fraction of sp³-hybridized carbons (Fsp3) is 0.632. The number of urea groups is 1. The topological polar surface area (TPSA) is 88.3 Å². The third kappa shape index (κ3) is 5.05. The van der Waals surface area contributed by atoms with Crippen LogP contribution in [-0.2, 0) is 11.0 Å². The summed E-state index contributed by atoms with van der Waals surface area (Å²) in [6.45, 7) is 0.105. The number of halogens is 7. The first kappa shape index (κ1) is 24.4. The molecule has 1 saturated carbocycles. The second kappa shape index (κ2) is 8.95. The van der Waals surface area contributed by atoms with Crippen LogP contribution in [0, 0.1) is 11.8 Å². The van der Waals surface area contributed by atoms with E-state index in [0.29, 0.717) is 0 Å². The van der Waals surface area contributed by atoms with Gasteiger partial charge in [0.1, 0.15) is 6.04 Å². The molecule has 1 aromatic rings. The van der Waals surface area contributed by atoms with E-state index in [1.54, 1.807) is 0 Å². The van der Waals surface area contributed by atoms with E-state index in [9.17, 15) is 35.9 Å². The molecule has 0 aromatic carbocycles. The molecular formula is C19H21ClF6N4O2. The maximum absolute atomic E-state index is 13.4. The van der Waals surface area contributed by atoms with Crippen LogP contribution in [0.5, 0.6) is 0 Å². The molecule has 0 spiro atoms. The fourth-order valence-corrected chi connectivity index (χ4v) is 4.81. The third-order valence-corrected chi connectivity index (χ3v) is 6.40. The molecule has 1 aliphatic heterocycles. The first-order valence-electron chi connectivity index (χ1n) is 9.94. The Bertz CT molecular complexity index is 870. The van der Waals surface area contributed by atoms with Crippen molar-refractivity contribution in [2.75, 3.05) is 13.1 Å². The Hall–Kier alpha value is -2.24. The Kier molecular flexibility index (Phi) is 6.83. The molecule has 2 heterocycles. The number of piperazine rings is 1. The van der Waals surface area contributed by atoms with Crippen LogP contribution in [0.1, 0.15) is 43.0 Å². The molecule has 1 aliphatic carbocycles.